The third-order valence-corrected chi connectivity index (χ3v) is 0.625. The fourth-order valence-corrected chi connectivity index (χ4v) is 0.344. The van der Waals surface area contributed by atoms with Crippen molar-refractivity contribution in [2.75, 3.05) is 13.0 Å². The maximum Gasteiger partial charge on any atom is 0.0431 e. The van der Waals surface area contributed by atoms with E-state index in [1.807, 2.05) is 0 Å². The topological polar surface area (TPSA) is 12.0 Å². The Hall–Kier alpha value is -0.0400. The van der Waals surface area contributed by atoms with Crippen LogP contribution >= 0.6 is 0 Å². The number of rotatable bonds is 0. The molecule has 1 heterocycles. The van der Waals surface area contributed by atoms with Gasteiger partial charge in [0.25, 0.3) is 0 Å². The second-order valence-electron chi connectivity index (χ2n) is 1.25. The molecular formula is C7H15N. The molecule has 1 aliphatic heterocycles. The van der Waals surface area contributed by atoms with Gasteiger partial charge in [0.15, 0.2) is 0 Å². The van der Waals surface area contributed by atoms with Crippen LogP contribution in [0.2, 0.25) is 0 Å². The monoisotopic (exact) mass is 127 g/mol. The van der Waals surface area contributed by atoms with Gasteiger partial charge < -0.3 is 5.32 Å². The Kier molecular flexibility index (Phi) is 0.249. The minimum absolute atomic E-state index is 1.41. The predicted octanol–water partition coefficient (Wildman–Crippen LogP) is 1.25. The van der Waals surface area contributed by atoms with E-state index in [1.165, 1.54) is 5.32 Å². The first-order valence-electron chi connectivity index (χ1n) is 9.00. The Balaban J connectivity index is 3.87. The first-order valence-corrected chi connectivity index (χ1v) is 2.00. The molecule has 1 aliphatic rings. The molecule has 0 bridgehead atoms. The lowest BCUT2D eigenvalue weighted by Crippen LogP contribution is -2.33. The average molecular weight is 127 g/mol. The van der Waals surface area contributed by atoms with Crippen LogP contribution in [0.3, 0.4) is 0 Å². The molecule has 1 N–H and O–H groups in total. The van der Waals surface area contributed by atoms with Crippen LogP contribution in [0.5, 0.6) is 0 Å². The van der Waals surface area contributed by atoms with E-state index < -0.39 is 44.9 Å². The molecule has 1 heteroatoms. The van der Waals surface area contributed by atoms with E-state index in [-0.39, 0.29) is 0 Å². The van der Waals surface area contributed by atoms with Gasteiger partial charge in [-0.15, -0.1) is 0 Å². The van der Waals surface area contributed by atoms with Crippen molar-refractivity contribution in [1.29, 1.82) is 0 Å². The molecule has 0 radical (unpaired) electrons. The van der Waals surface area contributed by atoms with Crippen molar-refractivity contribution in [2.24, 2.45) is 11.8 Å². The van der Waals surface area contributed by atoms with Crippen LogP contribution < -0.4 is 5.32 Å². The Bertz CT molecular complexity index is 421. The lowest BCUT2D eigenvalue weighted by atomic mass is 9.94. The van der Waals surface area contributed by atoms with E-state index in [4.69, 9.17) is 19.2 Å². The van der Waals surface area contributed by atoms with Gasteiger partial charge in [-0.25, -0.2) is 0 Å². The van der Waals surface area contributed by atoms with Gasteiger partial charge in [-0.05, 0) is 31.2 Å². The van der Waals surface area contributed by atoms with Crippen molar-refractivity contribution >= 4 is 0 Å². The van der Waals surface area contributed by atoms with Crippen molar-refractivity contribution in [3.8, 4) is 0 Å². The summed E-state index contributed by atoms with van der Waals surface area (Å²) in [6.07, 6.45) is -3.88. The lowest BCUT2D eigenvalue weighted by molar-refractivity contribution is 0.321. The summed E-state index contributed by atoms with van der Waals surface area (Å²) in [6.45, 7) is -14.2. The second-order valence-corrected chi connectivity index (χ2v) is 1.25. The Morgan fingerprint density at radius 1 is 1.62 bits per heavy atom. The Morgan fingerprint density at radius 3 is 2.75 bits per heavy atom. The molecule has 0 aromatic heterocycles. The first-order chi connectivity index (χ1) is 9.21. The fraction of sp³-hybridized carbons (Fsp3) is 1.00. The standard InChI is InChI=1S/C7H15N/c1-6-3-7(2)5-8-4-6/h6-8H,3-5H2,1-2H3/i1D3,2D3,3D2,4D2,5D2,6D,7D. The third kappa shape index (κ3) is 1.48. The normalized spacial score (nSPS) is 106. The van der Waals surface area contributed by atoms with Crippen LogP contribution in [0.25, 0.3) is 0 Å². The van der Waals surface area contributed by atoms with Gasteiger partial charge in [0.2, 0.25) is 0 Å². The molecule has 1 nitrogen and oxygen atoms in total. The summed E-state index contributed by atoms with van der Waals surface area (Å²) < 4.78 is 105. The Labute approximate surface area is 71.1 Å². The summed E-state index contributed by atoms with van der Waals surface area (Å²) in [7, 11) is 0. The predicted molar refractivity (Wildman–Crippen MR) is 35.8 cm³/mol. The first kappa shape index (κ1) is 0.800. The minimum Gasteiger partial charge on any atom is -0.316 e. The zero-order chi connectivity index (χ0) is 18.2. The van der Waals surface area contributed by atoms with E-state index in [0.717, 1.165) is 0 Å². The van der Waals surface area contributed by atoms with Crippen molar-refractivity contribution < 1.29 is 19.2 Å². The number of hydrogen-bond acceptors (Lipinski definition) is 1. The molecule has 0 amide bonds. The van der Waals surface area contributed by atoms with Crippen molar-refractivity contribution in [3.05, 3.63) is 0 Å². The van der Waals surface area contributed by atoms with Crippen LogP contribution in [-0.2, 0) is 0 Å². The second kappa shape index (κ2) is 2.49. The van der Waals surface area contributed by atoms with Gasteiger partial charge in [0, 0.05) is 19.2 Å². The highest BCUT2D eigenvalue weighted by Gasteiger charge is 2.12. The van der Waals surface area contributed by atoms with Crippen LogP contribution in [-0.4, -0.2) is 13.0 Å². The molecule has 0 saturated carbocycles. The van der Waals surface area contributed by atoms with Gasteiger partial charge in [0.05, 0.1) is 0 Å². The van der Waals surface area contributed by atoms with Crippen molar-refractivity contribution in [1.82, 2.24) is 5.32 Å². The number of hydrogen-bond donors (Lipinski definition) is 1. The highest BCUT2D eigenvalue weighted by Crippen LogP contribution is 2.13. The van der Waals surface area contributed by atoms with Crippen LogP contribution in [0.15, 0.2) is 0 Å². The van der Waals surface area contributed by atoms with E-state index in [0.29, 0.717) is 0 Å². The van der Waals surface area contributed by atoms with Gasteiger partial charge in [-0.1, -0.05) is 13.7 Å². The summed E-state index contributed by atoms with van der Waals surface area (Å²) in [5, 5.41) is 1.41. The molecule has 2 unspecified atom stereocenters. The quantitative estimate of drug-likeness (QED) is 0.516. The van der Waals surface area contributed by atoms with E-state index in [9.17, 15) is 0 Å². The largest absolute Gasteiger partial charge is 0.316 e. The fourth-order valence-electron chi connectivity index (χ4n) is 0.344. The van der Waals surface area contributed by atoms with Crippen molar-refractivity contribution in [3.63, 3.8) is 0 Å². The molecular weight excluding hydrogens is 98.1 g/mol. The van der Waals surface area contributed by atoms with Crippen molar-refractivity contribution in [2.45, 2.75) is 20.1 Å². The zero-order valence-electron chi connectivity index (χ0n) is 18.0. The SMILES string of the molecule is [2H]C([2H])([2H])C1([2H])C([2H])([2H])NC([2H])([2H])C([2H])(C([2H])([2H])[2H])C1([2H])[2H]. The summed E-state index contributed by atoms with van der Waals surface area (Å²) in [5.41, 5.74) is 0. The molecule has 2 atom stereocenters. The summed E-state index contributed by atoms with van der Waals surface area (Å²) >= 11 is 0. The van der Waals surface area contributed by atoms with Gasteiger partial charge in [0.1, 0.15) is 0 Å². The summed E-state index contributed by atoms with van der Waals surface area (Å²) in [5.74, 6) is -7.45. The van der Waals surface area contributed by atoms with E-state index >= 15 is 0 Å². The van der Waals surface area contributed by atoms with Gasteiger partial charge in [-0.3, -0.25) is 0 Å². The van der Waals surface area contributed by atoms with E-state index in [2.05, 4.69) is 0 Å². The van der Waals surface area contributed by atoms with Crippen LogP contribution in [0.4, 0.5) is 0 Å². The number of piperidine rings is 1. The molecule has 0 aromatic carbocycles. The highest BCUT2D eigenvalue weighted by molar-refractivity contribution is 4.69. The molecule has 8 heavy (non-hydrogen) atoms. The van der Waals surface area contributed by atoms with Gasteiger partial charge in [-0.2, -0.15) is 0 Å². The average Bonchev–Trinajstić information content (AvgIpc) is 2.19. The number of nitrogens with one attached hydrogen (secondary N) is 1. The smallest absolute Gasteiger partial charge is 0.0431 e. The van der Waals surface area contributed by atoms with Crippen LogP contribution in [0, 0.1) is 11.8 Å². The zero-order valence-corrected chi connectivity index (χ0v) is 4.00. The molecule has 0 aromatic rings. The van der Waals surface area contributed by atoms with E-state index in [1.54, 1.807) is 0 Å². The minimum atomic E-state index is -3.88. The molecule has 1 saturated heterocycles. The third-order valence-electron chi connectivity index (χ3n) is 0.625. The van der Waals surface area contributed by atoms with Crippen LogP contribution in [0.1, 0.15) is 39.3 Å². The molecule has 0 aliphatic carbocycles. The Morgan fingerprint density at radius 2 is 2.25 bits per heavy atom. The van der Waals surface area contributed by atoms with Gasteiger partial charge >= 0.3 is 0 Å². The lowest BCUT2D eigenvalue weighted by Gasteiger charge is -2.24. The summed E-state index contributed by atoms with van der Waals surface area (Å²) in [4.78, 5) is 0. The molecule has 1 fully saturated rings. The summed E-state index contributed by atoms with van der Waals surface area (Å²) in [6, 6.07) is 0. The highest BCUT2D eigenvalue weighted by atomic mass is 14.9. The molecule has 1 rings (SSSR count). The maximum atomic E-state index is 7.88. The molecule has 48 valence electrons. The maximum absolute atomic E-state index is 7.88. The molecule has 0 spiro atoms.